The number of ether oxygens (including phenoxy) is 1. The molecule has 0 aliphatic carbocycles. The molecule has 1 fully saturated rings. The van der Waals surface area contributed by atoms with Gasteiger partial charge in [0.25, 0.3) is 0 Å². The van der Waals surface area contributed by atoms with Gasteiger partial charge in [0.05, 0.1) is 18.8 Å². The number of alkyl halides is 3. The Labute approximate surface area is 173 Å². The molecule has 0 bridgehead atoms. The first kappa shape index (κ1) is 21.5. The second-order valence-electron chi connectivity index (χ2n) is 6.75. The molecule has 1 aliphatic rings. The highest BCUT2D eigenvalue weighted by atomic mass is 32.1. The molecular formula is C20H23F3N4OS. The van der Waals surface area contributed by atoms with E-state index < -0.39 is 11.7 Å². The van der Waals surface area contributed by atoms with E-state index in [1.807, 2.05) is 17.0 Å². The standard InChI is InChI=1S/C20H23F3N4OS/c21-20(22,23)17-4-1-5-18(13-17)25-19(29)27(15-16-3-2-6-24-14-16)8-7-26-9-11-28-12-10-26/h1-6,13-14H,7-12,15H2,(H,25,29). The zero-order chi connectivity index (χ0) is 20.7. The summed E-state index contributed by atoms with van der Waals surface area (Å²) in [5, 5.41) is 3.33. The molecule has 2 aromatic rings. The molecule has 5 nitrogen and oxygen atoms in total. The molecule has 2 heterocycles. The van der Waals surface area contributed by atoms with Crippen LogP contribution in [0.4, 0.5) is 18.9 Å². The normalized spacial score (nSPS) is 15.1. The lowest BCUT2D eigenvalue weighted by Gasteiger charge is -2.31. The van der Waals surface area contributed by atoms with E-state index in [9.17, 15) is 13.2 Å². The zero-order valence-corrected chi connectivity index (χ0v) is 16.7. The van der Waals surface area contributed by atoms with Gasteiger partial charge in [-0.2, -0.15) is 13.2 Å². The van der Waals surface area contributed by atoms with E-state index in [2.05, 4.69) is 15.2 Å². The number of hydrogen-bond acceptors (Lipinski definition) is 4. The molecule has 1 saturated heterocycles. The highest BCUT2D eigenvalue weighted by Crippen LogP contribution is 2.30. The third-order valence-corrected chi connectivity index (χ3v) is 4.97. The minimum Gasteiger partial charge on any atom is -0.379 e. The number of aromatic nitrogens is 1. The average molecular weight is 424 g/mol. The molecule has 156 valence electrons. The molecule has 9 heteroatoms. The average Bonchev–Trinajstić information content (AvgIpc) is 2.72. The predicted octanol–water partition coefficient (Wildman–Crippen LogP) is 3.63. The van der Waals surface area contributed by atoms with Crippen LogP contribution >= 0.6 is 12.2 Å². The first-order valence-electron chi connectivity index (χ1n) is 9.34. The Morgan fingerprint density at radius 2 is 2.00 bits per heavy atom. The number of halogens is 3. The first-order chi connectivity index (χ1) is 13.9. The molecule has 0 spiro atoms. The van der Waals surface area contributed by atoms with E-state index in [0.29, 0.717) is 37.1 Å². The van der Waals surface area contributed by atoms with Gasteiger partial charge in [-0.05, 0) is 42.0 Å². The molecule has 0 radical (unpaired) electrons. The van der Waals surface area contributed by atoms with Crippen LogP contribution in [0.5, 0.6) is 0 Å². The number of rotatable bonds is 6. The Hall–Kier alpha value is -2.23. The van der Waals surface area contributed by atoms with E-state index in [1.165, 1.54) is 6.07 Å². The number of thiocarbonyl (C=S) groups is 1. The summed E-state index contributed by atoms with van der Waals surface area (Å²) in [6.45, 7) is 5.06. The number of morpholine rings is 1. The molecular weight excluding hydrogens is 401 g/mol. The first-order valence-corrected chi connectivity index (χ1v) is 9.75. The Morgan fingerprint density at radius 1 is 1.21 bits per heavy atom. The molecule has 0 saturated carbocycles. The van der Waals surface area contributed by atoms with E-state index in [0.717, 1.165) is 37.3 Å². The van der Waals surface area contributed by atoms with Gasteiger partial charge < -0.3 is 15.0 Å². The highest BCUT2D eigenvalue weighted by molar-refractivity contribution is 7.80. The number of benzene rings is 1. The summed E-state index contributed by atoms with van der Waals surface area (Å²) >= 11 is 5.53. The van der Waals surface area contributed by atoms with Crippen LogP contribution in [0.25, 0.3) is 0 Å². The second-order valence-corrected chi connectivity index (χ2v) is 7.13. The SMILES string of the molecule is FC(F)(F)c1cccc(NC(=S)N(CCN2CCOCC2)Cc2cccnc2)c1. The smallest absolute Gasteiger partial charge is 0.379 e. The van der Waals surface area contributed by atoms with Crippen LogP contribution in [0.15, 0.2) is 48.8 Å². The predicted molar refractivity (Wildman–Crippen MR) is 110 cm³/mol. The minimum atomic E-state index is -4.40. The fourth-order valence-corrected chi connectivity index (χ4v) is 3.30. The number of hydrogen-bond donors (Lipinski definition) is 1. The van der Waals surface area contributed by atoms with Crippen molar-refractivity contribution in [2.75, 3.05) is 44.7 Å². The summed E-state index contributed by atoms with van der Waals surface area (Å²) in [6, 6.07) is 8.84. The topological polar surface area (TPSA) is 40.6 Å². The van der Waals surface area contributed by atoms with Crippen LogP contribution in [-0.2, 0) is 17.5 Å². The summed E-state index contributed by atoms with van der Waals surface area (Å²) in [5.41, 5.74) is 0.576. The van der Waals surface area contributed by atoms with Crippen LogP contribution < -0.4 is 5.32 Å². The molecule has 3 rings (SSSR count). The van der Waals surface area contributed by atoms with Crippen molar-refractivity contribution in [2.45, 2.75) is 12.7 Å². The van der Waals surface area contributed by atoms with Crippen LogP contribution in [0.3, 0.4) is 0 Å². The van der Waals surface area contributed by atoms with E-state index in [4.69, 9.17) is 17.0 Å². The maximum Gasteiger partial charge on any atom is 0.416 e. The molecule has 0 amide bonds. The number of nitrogens with one attached hydrogen (secondary N) is 1. The van der Waals surface area contributed by atoms with Crippen molar-refractivity contribution in [1.82, 2.24) is 14.8 Å². The Balaban J connectivity index is 1.69. The summed E-state index contributed by atoms with van der Waals surface area (Å²) in [6.07, 6.45) is -0.944. The molecule has 1 aromatic heterocycles. The zero-order valence-electron chi connectivity index (χ0n) is 15.9. The van der Waals surface area contributed by atoms with Crippen molar-refractivity contribution in [3.05, 3.63) is 59.9 Å². The van der Waals surface area contributed by atoms with Gasteiger partial charge in [-0.3, -0.25) is 9.88 Å². The van der Waals surface area contributed by atoms with Crippen molar-refractivity contribution in [3.8, 4) is 0 Å². The van der Waals surface area contributed by atoms with Crippen LogP contribution in [-0.4, -0.2) is 59.3 Å². The molecule has 1 N–H and O–H groups in total. The lowest BCUT2D eigenvalue weighted by atomic mass is 10.2. The van der Waals surface area contributed by atoms with Gasteiger partial charge in [0.1, 0.15) is 0 Å². The maximum atomic E-state index is 13.0. The van der Waals surface area contributed by atoms with Gasteiger partial charge in [0.15, 0.2) is 5.11 Å². The quantitative estimate of drug-likeness (QED) is 0.715. The molecule has 29 heavy (non-hydrogen) atoms. The fourth-order valence-electron chi connectivity index (χ4n) is 3.03. The third-order valence-electron chi connectivity index (χ3n) is 4.61. The third kappa shape index (κ3) is 6.66. The molecule has 0 unspecified atom stereocenters. The Morgan fingerprint density at radius 3 is 2.69 bits per heavy atom. The van der Waals surface area contributed by atoms with Gasteiger partial charge in [-0.15, -0.1) is 0 Å². The maximum absolute atomic E-state index is 13.0. The minimum absolute atomic E-state index is 0.312. The van der Waals surface area contributed by atoms with Gasteiger partial charge in [0, 0.05) is 50.8 Å². The van der Waals surface area contributed by atoms with Crippen LogP contribution in [0, 0.1) is 0 Å². The van der Waals surface area contributed by atoms with Crippen molar-refractivity contribution in [1.29, 1.82) is 0 Å². The number of pyridine rings is 1. The van der Waals surface area contributed by atoms with Crippen molar-refractivity contribution in [2.24, 2.45) is 0 Å². The van der Waals surface area contributed by atoms with E-state index in [-0.39, 0.29) is 0 Å². The summed E-state index contributed by atoms with van der Waals surface area (Å²) in [7, 11) is 0. The Kier molecular flexibility index (Phi) is 7.40. The number of nitrogens with zero attached hydrogens (tertiary/aromatic N) is 3. The van der Waals surface area contributed by atoms with Gasteiger partial charge in [0.2, 0.25) is 0 Å². The van der Waals surface area contributed by atoms with Gasteiger partial charge in [-0.1, -0.05) is 12.1 Å². The Bertz CT molecular complexity index is 798. The summed E-state index contributed by atoms with van der Waals surface area (Å²) in [4.78, 5) is 8.36. The van der Waals surface area contributed by atoms with Crippen LogP contribution in [0.1, 0.15) is 11.1 Å². The van der Waals surface area contributed by atoms with Gasteiger partial charge in [-0.25, -0.2) is 0 Å². The molecule has 1 aromatic carbocycles. The second kappa shape index (κ2) is 10.00. The van der Waals surface area contributed by atoms with Crippen molar-refractivity contribution < 1.29 is 17.9 Å². The molecule has 0 atom stereocenters. The lowest BCUT2D eigenvalue weighted by molar-refractivity contribution is -0.137. The fraction of sp³-hybridized carbons (Fsp3) is 0.400. The highest BCUT2D eigenvalue weighted by Gasteiger charge is 2.30. The number of anilines is 1. The molecule has 1 aliphatic heterocycles. The van der Waals surface area contributed by atoms with Gasteiger partial charge >= 0.3 is 6.18 Å². The lowest BCUT2D eigenvalue weighted by Crippen LogP contribution is -2.44. The van der Waals surface area contributed by atoms with E-state index in [1.54, 1.807) is 18.5 Å². The van der Waals surface area contributed by atoms with Crippen molar-refractivity contribution >= 4 is 23.0 Å². The van der Waals surface area contributed by atoms with E-state index >= 15 is 0 Å². The van der Waals surface area contributed by atoms with Crippen LogP contribution in [0.2, 0.25) is 0 Å². The summed E-state index contributed by atoms with van der Waals surface area (Å²) < 4.78 is 44.3. The van der Waals surface area contributed by atoms with Crippen molar-refractivity contribution in [3.63, 3.8) is 0 Å². The summed E-state index contributed by atoms with van der Waals surface area (Å²) in [5.74, 6) is 0. The largest absolute Gasteiger partial charge is 0.416 e. The monoisotopic (exact) mass is 424 g/mol.